The van der Waals surface area contributed by atoms with Crippen molar-refractivity contribution in [3.05, 3.63) is 42.0 Å². The molecule has 1 aromatic heterocycles. The number of nitrogens with one attached hydrogen (secondary N) is 2. The number of aromatic nitrogens is 2. The Morgan fingerprint density at radius 3 is 3.10 bits per heavy atom. The molecule has 1 aromatic carbocycles. The minimum Gasteiger partial charge on any atom is -0.454 e. The molecule has 1 atom stereocenters. The molecular formula is C15H19N3O2. The molecule has 0 fully saturated rings. The van der Waals surface area contributed by atoms with Gasteiger partial charge in [-0.05, 0) is 37.6 Å². The van der Waals surface area contributed by atoms with E-state index in [9.17, 15) is 0 Å². The summed E-state index contributed by atoms with van der Waals surface area (Å²) in [6.45, 7) is 3.43. The summed E-state index contributed by atoms with van der Waals surface area (Å²) < 4.78 is 10.7. The maximum atomic E-state index is 5.40. The van der Waals surface area contributed by atoms with E-state index < -0.39 is 0 Å². The Hall–Kier alpha value is -2.01. The van der Waals surface area contributed by atoms with Crippen molar-refractivity contribution in [2.75, 3.05) is 13.3 Å². The lowest BCUT2D eigenvalue weighted by Gasteiger charge is -2.14. The molecule has 1 aliphatic heterocycles. The third-order valence-corrected chi connectivity index (χ3v) is 3.49. The predicted molar refractivity (Wildman–Crippen MR) is 75.9 cm³/mol. The SMILES string of the molecule is CC(NCCCc1ncc[nH]1)c1ccc2c(c1)OCO2. The number of fused-ring (bicyclic) bond motifs is 1. The first-order valence-electron chi connectivity index (χ1n) is 6.94. The summed E-state index contributed by atoms with van der Waals surface area (Å²) in [4.78, 5) is 7.33. The van der Waals surface area contributed by atoms with Gasteiger partial charge in [0.1, 0.15) is 5.82 Å². The fraction of sp³-hybridized carbons (Fsp3) is 0.400. The number of nitrogens with zero attached hydrogens (tertiary/aromatic N) is 1. The van der Waals surface area contributed by atoms with E-state index in [0.29, 0.717) is 12.8 Å². The smallest absolute Gasteiger partial charge is 0.231 e. The highest BCUT2D eigenvalue weighted by Gasteiger charge is 2.15. The van der Waals surface area contributed by atoms with E-state index in [1.165, 1.54) is 5.56 Å². The number of benzene rings is 1. The van der Waals surface area contributed by atoms with Gasteiger partial charge >= 0.3 is 0 Å². The van der Waals surface area contributed by atoms with Crippen LogP contribution in [0.1, 0.15) is 30.8 Å². The average Bonchev–Trinajstić information content (AvgIpc) is 3.13. The molecule has 0 aliphatic carbocycles. The van der Waals surface area contributed by atoms with Gasteiger partial charge in [0.15, 0.2) is 11.5 Å². The first-order valence-corrected chi connectivity index (χ1v) is 6.94. The first-order chi connectivity index (χ1) is 9.83. The second-order valence-corrected chi connectivity index (χ2v) is 4.93. The van der Waals surface area contributed by atoms with Crippen LogP contribution in [-0.4, -0.2) is 23.3 Å². The molecule has 0 bridgehead atoms. The van der Waals surface area contributed by atoms with Gasteiger partial charge < -0.3 is 19.8 Å². The predicted octanol–water partition coefficient (Wildman–Crippen LogP) is 2.42. The Morgan fingerprint density at radius 2 is 2.25 bits per heavy atom. The minimum absolute atomic E-state index is 0.293. The molecule has 2 N–H and O–H groups in total. The van der Waals surface area contributed by atoms with E-state index in [1.54, 1.807) is 6.20 Å². The van der Waals surface area contributed by atoms with Crippen molar-refractivity contribution in [3.63, 3.8) is 0 Å². The van der Waals surface area contributed by atoms with Gasteiger partial charge in [0.05, 0.1) is 0 Å². The van der Waals surface area contributed by atoms with E-state index in [0.717, 1.165) is 36.7 Å². The lowest BCUT2D eigenvalue weighted by Crippen LogP contribution is -2.20. The fourth-order valence-corrected chi connectivity index (χ4v) is 2.31. The average molecular weight is 273 g/mol. The number of hydrogen-bond donors (Lipinski definition) is 2. The zero-order valence-electron chi connectivity index (χ0n) is 11.6. The maximum Gasteiger partial charge on any atom is 0.231 e. The summed E-state index contributed by atoms with van der Waals surface area (Å²) in [5.74, 6) is 2.72. The maximum absolute atomic E-state index is 5.40. The highest BCUT2D eigenvalue weighted by atomic mass is 16.7. The van der Waals surface area contributed by atoms with Crippen LogP contribution >= 0.6 is 0 Å². The topological polar surface area (TPSA) is 59.2 Å². The summed E-state index contributed by atoms with van der Waals surface area (Å²) in [7, 11) is 0. The van der Waals surface area contributed by atoms with Crippen LogP contribution < -0.4 is 14.8 Å². The highest BCUT2D eigenvalue weighted by Crippen LogP contribution is 2.34. The van der Waals surface area contributed by atoms with Gasteiger partial charge in [0.2, 0.25) is 6.79 Å². The third kappa shape index (κ3) is 2.93. The summed E-state index contributed by atoms with van der Waals surface area (Å²) in [5, 5.41) is 3.51. The largest absolute Gasteiger partial charge is 0.454 e. The van der Waals surface area contributed by atoms with Crippen LogP contribution in [-0.2, 0) is 6.42 Å². The van der Waals surface area contributed by atoms with Gasteiger partial charge in [-0.1, -0.05) is 6.07 Å². The number of H-pyrrole nitrogens is 1. The molecule has 2 aromatic rings. The van der Waals surface area contributed by atoms with E-state index in [4.69, 9.17) is 9.47 Å². The summed E-state index contributed by atoms with van der Waals surface area (Å²) in [6.07, 6.45) is 5.67. The van der Waals surface area contributed by atoms with Crippen molar-refractivity contribution >= 4 is 0 Å². The Bertz CT molecular complexity index is 554. The molecule has 0 radical (unpaired) electrons. The van der Waals surface area contributed by atoms with Crippen molar-refractivity contribution in [2.45, 2.75) is 25.8 Å². The van der Waals surface area contributed by atoms with Gasteiger partial charge in [-0.25, -0.2) is 4.98 Å². The molecule has 106 valence electrons. The van der Waals surface area contributed by atoms with E-state index in [1.807, 2.05) is 18.3 Å². The quantitative estimate of drug-likeness (QED) is 0.794. The molecule has 0 saturated heterocycles. The van der Waals surface area contributed by atoms with E-state index in [-0.39, 0.29) is 0 Å². The number of aryl methyl sites for hydroxylation is 1. The minimum atomic E-state index is 0.293. The van der Waals surface area contributed by atoms with Crippen LogP contribution in [0.15, 0.2) is 30.6 Å². The molecule has 1 unspecified atom stereocenters. The zero-order chi connectivity index (χ0) is 13.8. The molecule has 3 rings (SSSR count). The van der Waals surface area contributed by atoms with Crippen molar-refractivity contribution < 1.29 is 9.47 Å². The van der Waals surface area contributed by atoms with Crippen LogP contribution in [0, 0.1) is 0 Å². The zero-order valence-corrected chi connectivity index (χ0v) is 11.6. The summed E-state index contributed by atoms with van der Waals surface area (Å²) in [5.41, 5.74) is 1.22. The number of hydrogen-bond acceptors (Lipinski definition) is 4. The molecule has 5 heteroatoms. The Labute approximate surface area is 118 Å². The summed E-state index contributed by atoms with van der Waals surface area (Å²) >= 11 is 0. The monoisotopic (exact) mass is 273 g/mol. The van der Waals surface area contributed by atoms with Crippen molar-refractivity contribution in [1.82, 2.24) is 15.3 Å². The van der Waals surface area contributed by atoms with Crippen molar-refractivity contribution in [3.8, 4) is 11.5 Å². The summed E-state index contributed by atoms with van der Waals surface area (Å²) in [6, 6.07) is 6.39. The Morgan fingerprint density at radius 1 is 1.35 bits per heavy atom. The second-order valence-electron chi connectivity index (χ2n) is 4.93. The van der Waals surface area contributed by atoms with E-state index >= 15 is 0 Å². The van der Waals surface area contributed by atoms with Crippen LogP contribution in [0.4, 0.5) is 0 Å². The molecule has 1 aliphatic rings. The standard InChI is InChI=1S/C15H19N3O2/c1-11(16-6-2-3-15-17-7-8-18-15)12-4-5-13-14(9-12)20-10-19-13/h4-5,7-9,11,16H,2-3,6,10H2,1H3,(H,17,18). The highest BCUT2D eigenvalue weighted by molar-refractivity contribution is 5.45. The molecule has 0 amide bonds. The normalized spacial score (nSPS) is 14.4. The molecular weight excluding hydrogens is 254 g/mol. The molecule has 0 saturated carbocycles. The number of aromatic amines is 1. The van der Waals surface area contributed by atoms with E-state index in [2.05, 4.69) is 28.3 Å². The number of rotatable bonds is 6. The van der Waals surface area contributed by atoms with Gasteiger partial charge in [-0.15, -0.1) is 0 Å². The van der Waals surface area contributed by atoms with Crippen molar-refractivity contribution in [1.29, 1.82) is 0 Å². The van der Waals surface area contributed by atoms with Crippen LogP contribution in [0.3, 0.4) is 0 Å². The van der Waals surface area contributed by atoms with Crippen LogP contribution in [0.25, 0.3) is 0 Å². The second kappa shape index (κ2) is 5.96. The van der Waals surface area contributed by atoms with Gasteiger partial charge in [0, 0.05) is 24.9 Å². The van der Waals surface area contributed by atoms with Gasteiger partial charge in [-0.3, -0.25) is 0 Å². The Kier molecular flexibility index (Phi) is 3.87. The fourth-order valence-electron chi connectivity index (χ4n) is 2.31. The number of imidazole rings is 1. The molecule has 20 heavy (non-hydrogen) atoms. The van der Waals surface area contributed by atoms with Gasteiger partial charge in [-0.2, -0.15) is 0 Å². The van der Waals surface area contributed by atoms with Crippen LogP contribution in [0.2, 0.25) is 0 Å². The Balaban J connectivity index is 1.48. The lowest BCUT2D eigenvalue weighted by atomic mass is 10.1. The molecule has 5 nitrogen and oxygen atoms in total. The molecule has 2 heterocycles. The lowest BCUT2D eigenvalue weighted by molar-refractivity contribution is 0.174. The third-order valence-electron chi connectivity index (χ3n) is 3.49. The number of ether oxygens (including phenoxy) is 2. The van der Waals surface area contributed by atoms with Crippen LogP contribution in [0.5, 0.6) is 11.5 Å². The van der Waals surface area contributed by atoms with Gasteiger partial charge in [0.25, 0.3) is 0 Å². The first kappa shape index (κ1) is 13.0. The molecule has 0 spiro atoms. The van der Waals surface area contributed by atoms with Crippen molar-refractivity contribution in [2.24, 2.45) is 0 Å².